The lowest BCUT2D eigenvalue weighted by molar-refractivity contribution is -0.143. The fourth-order valence-corrected chi connectivity index (χ4v) is 2.99. The van der Waals surface area contributed by atoms with Crippen LogP contribution in [0.15, 0.2) is 28.7 Å². The molecule has 1 fully saturated rings. The van der Waals surface area contributed by atoms with E-state index in [1.54, 1.807) is 0 Å². The van der Waals surface area contributed by atoms with E-state index in [1.165, 1.54) is 12.0 Å². The van der Waals surface area contributed by atoms with Crippen molar-refractivity contribution in [3.8, 4) is 0 Å². The van der Waals surface area contributed by atoms with Gasteiger partial charge in [-0.15, -0.1) is 0 Å². The van der Waals surface area contributed by atoms with Gasteiger partial charge in [-0.25, -0.2) is 0 Å². The Kier molecular flexibility index (Phi) is 4.10. The molecule has 0 aromatic heterocycles. The van der Waals surface area contributed by atoms with Crippen LogP contribution in [0.3, 0.4) is 0 Å². The van der Waals surface area contributed by atoms with Gasteiger partial charge >= 0.3 is 5.97 Å². The summed E-state index contributed by atoms with van der Waals surface area (Å²) >= 11 is 3.46. The molecular weight excluding hydrogens is 292 g/mol. The lowest BCUT2D eigenvalue weighted by Gasteiger charge is -2.17. The second-order valence-corrected chi connectivity index (χ2v) is 5.99. The number of carbonyl (C=O) groups is 1. The van der Waals surface area contributed by atoms with Crippen molar-refractivity contribution in [2.75, 3.05) is 6.61 Å². The first-order valence-electron chi connectivity index (χ1n) is 6.50. The van der Waals surface area contributed by atoms with E-state index in [9.17, 15) is 4.79 Å². The van der Waals surface area contributed by atoms with Crippen LogP contribution < -0.4 is 0 Å². The first kappa shape index (κ1) is 13.6. The van der Waals surface area contributed by atoms with Crippen molar-refractivity contribution in [1.29, 1.82) is 0 Å². The molecule has 18 heavy (non-hydrogen) atoms. The van der Waals surface area contributed by atoms with Crippen molar-refractivity contribution in [3.05, 3.63) is 34.3 Å². The minimum atomic E-state index is -0.0758. The summed E-state index contributed by atoms with van der Waals surface area (Å²) in [7, 11) is 0. The Labute approximate surface area is 117 Å². The normalized spacial score (nSPS) is 25.8. The van der Waals surface area contributed by atoms with Crippen LogP contribution in [0.5, 0.6) is 0 Å². The predicted octanol–water partition coefficient (Wildman–Crippen LogP) is 4.07. The lowest BCUT2D eigenvalue weighted by atomic mass is 9.89. The maximum absolute atomic E-state index is 11.5. The molecule has 2 atom stereocenters. The number of halogens is 1. The van der Waals surface area contributed by atoms with Crippen LogP contribution in [0, 0.1) is 5.92 Å². The standard InChI is InChI=1S/C15H19BrO2/c1-3-18-14(17)8-9-15(10-11(15)2)12-4-6-13(16)7-5-12/h4-7,11H,3,8-10H2,1-2H3/t11-,15-/m0/s1. The van der Waals surface area contributed by atoms with Crippen LogP contribution in [0.25, 0.3) is 0 Å². The second kappa shape index (κ2) is 5.43. The molecule has 0 N–H and O–H groups in total. The van der Waals surface area contributed by atoms with E-state index in [0.717, 1.165) is 10.9 Å². The van der Waals surface area contributed by atoms with Gasteiger partial charge in [0.25, 0.3) is 0 Å². The Balaban J connectivity index is 2.03. The van der Waals surface area contributed by atoms with Gasteiger partial charge in [0.05, 0.1) is 6.61 Å². The van der Waals surface area contributed by atoms with Crippen molar-refractivity contribution >= 4 is 21.9 Å². The Morgan fingerprint density at radius 3 is 2.56 bits per heavy atom. The third kappa shape index (κ3) is 2.77. The summed E-state index contributed by atoms with van der Waals surface area (Å²) < 4.78 is 6.11. The minimum Gasteiger partial charge on any atom is -0.466 e. The topological polar surface area (TPSA) is 26.3 Å². The molecule has 1 aromatic carbocycles. The largest absolute Gasteiger partial charge is 0.466 e. The highest BCUT2D eigenvalue weighted by molar-refractivity contribution is 9.10. The molecule has 0 spiro atoms. The van der Waals surface area contributed by atoms with E-state index >= 15 is 0 Å². The van der Waals surface area contributed by atoms with Gasteiger partial charge in [0.2, 0.25) is 0 Å². The lowest BCUT2D eigenvalue weighted by Crippen LogP contribution is -2.13. The fourth-order valence-electron chi connectivity index (χ4n) is 2.72. The van der Waals surface area contributed by atoms with Crippen LogP contribution >= 0.6 is 15.9 Å². The van der Waals surface area contributed by atoms with E-state index < -0.39 is 0 Å². The molecular formula is C15H19BrO2. The quantitative estimate of drug-likeness (QED) is 0.766. The molecule has 0 unspecified atom stereocenters. The van der Waals surface area contributed by atoms with Crippen molar-refractivity contribution in [2.45, 2.75) is 38.5 Å². The molecule has 0 radical (unpaired) electrons. The third-order valence-electron chi connectivity index (χ3n) is 3.95. The Bertz CT molecular complexity index is 427. The highest BCUT2D eigenvalue weighted by Gasteiger charge is 2.51. The molecule has 1 aromatic rings. The van der Waals surface area contributed by atoms with Gasteiger partial charge in [0.1, 0.15) is 0 Å². The summed E-state index contributed by atoms with van der Waals surface area (Å²) in [5.41, 5.74) is 1.55. The summed E-state index contributed by atoms with van der Waals surface area (Å²) in [5.74, 6) is 0.584. The van der Waals surface area contributed by atoms with Crippen molar-refractivity contribution in [3.63, 3.8) is 0 Å². The van der Waals surface area contributed by atoms with E-state index in [-0.39, 0.29) is 11.4 Å². The Hall–Kier alpha value is -0.830. The second-order valence-electron chi connectivity index (χ2n) is 5.07. The molecule has 0 aliphatic heterocycles. The highest BCUT2D eigenvalue weighted by Crippen LogP contribution is 2.57. The van der Waals surface area contributed by atoms with Crippen LogP contribution in [0.2, 0.25) is 0 Å². The zero-order chi connectivity index (χ0) is 13.2. The molecule has 0 bridgehead atoms. The van der Waals surface area contributed by atoms with E-state index in [4.69, 9.17) is 4.74 Å². The summed E-state index contributed by atoms with van der Waals surface area (Å²) in [6.45, 7) is 4.58. The predicted molar refractivity (Wildman–Crippen MR) is 75.5 cm³/mol. The zero-order valence-corrected chi connectivity index (χ0v) is 12.5. The van der Waals surface area contributed by atoms with Gasteiger partial charge in [-0.3, -0.25) is 4.79 Å². The molecule has 0 saturated heterocycles. The zero-order valence-electron chi connectivity index (χ0n) is 10.9. The monoisotopic (exact) mass is 310 g/mol. The maximum atomic E-state index is 11.5. The highest BCUT2D eigenvalue weighted by atomic mass is 79.9. The summed E-state index contributed by atoms with van der Waals surface area (Å²) in [6, 6.07) is 8.48. The van der Waals surface area contributed by atoms with Gasteiger partial charge in [-0.1, -0.05) is 35.0 Å². The van der Waals surface area contributed by atoms with Gasteiger partial charge < -0.3 is 4.74 Å². The van der Waals surface area contributed by atoms with Gasteiger partial charge in [-0.05, 0) is 48.8 Å². The van der Waals surface area contributed by atoms with Crippen LogP contribution in [0.4, 0.5) is 0 Å². The van der Waals surface area contributed by atoms with E-state index in [2.05, 4.69) is 47.1 Å². The van der Waals surface area contributed by atoms with Crippen molar-refractivity contribution in [1.82, 2.24) is 0 Å². The maximum Gasteiger partial charge on any atom is 0.305 e. The van der Waals surface area contributed by atoms with Gasteiger partial charge in [0, 0.05) is 10.9 Å². The fraction of sp³-hybridized carbons (Fsp3) is 0.533. The van der Waals surface area contributed by atoms with Crippen LogP contribution in [0.1, 0.15) is 38.7 Å². The number of rotatable bonds is 5. The number of benzene rings is 1. The molecule has 2 rings (SSSR count). The van der Waals surface area contributed by atoms with Gasteiger partial charge in [0.15, 0.2) is 0 Å². The molecule has 0 amide bonds. The Morgan fingerprint density at radius 2 is 2.06 bits per heavy atom. The van der Waals surface area contributed by atoms with E-state index in [1.807, 2.05) is 6.92 Å². The first-order chi connectivity index (χ1) is 8.58. The van der Waals surface area contributed by atoms with E-state index in [0.29, 0.717) is 18.9 Å². The smallest absolute Gasteiger partial charge is 0.305 e. The van der Waals surface area contributed by atoms with Crippen LogP contribution in [-0.2, 0) is 14.9 Å². The number of hydrogen-bond donors (Lipinski definition) is 0. The summed E-state index contributed by atoms with van der Waals surface area (Å²) in [5, 5.41) is 0. The number of ether oxygens (including phenoxy) is 1. The van der Waals surface area contributed by atoms with Crippen molar-refractivity contribution < 1.29 is 9.53 Å². The summed E-state index contributed by atoms with van der Waals surface area (Å²) in [6.07, 6.45) is 2.59. The molecule has 98 valence electrons. The average Bonchev–Trinajstić information content (AvgIpc) is 3.00. The Morgan fingerprint density at radius 1 is 1.44 bits per heavy atom. The van der Waals surface area contributed by atoms with Crippen LogP contribution in [-0.4, -0.2) is 12.6 Å². The minimum absolute atomic E-state index is 0.0758. The summed E-state index contributed by atoms with van der Waals surface area (Å²) in [4.78, 5) is 11.5. The molecule has 1 aliphatic carbocycles. The van der Waals surface area contributed by atoms with Crippen molar-refractivity contribution in [2.24, 2.45) is 5.92 Å². The molecule has 3 heteroatoms. The number of carbonyl (C=O) groups excluding carboxylic acids is 1. The number of esters is 1. The average molecular weight is 311 g/mol. The first-order valence-corrected chi connectivity index (χ1v) is 7.29. The SMILES string of the molecule is CCOC(=O)CC[C@]1(c2ccc(Br)cc2)C[C@@H]1C. The van der Waals surface area contributed by atoms with Gasteiger partial charge in [-0.2, -0.15) is 0 Å². The third-order valence-corrected chi connectivity index (χ3v) is 4.48. The molecule has 0 heterocycles. The number of hydrogen-bond acceptors (Lipinski definition) is 2. The molecule has 2 nitrogen and oxygen atoms in total. The molecule has 1 aliphatic rings. The molecule has 1 saturated carbocycles.